The Labute approximate surface area is 136 Å². The predicted molar refractivity (Wildman–Crippen MR) is 87.5 cm³/mol. The van der Waals surface area contributed by atoms with Gasteiger partial charge in [-0.15, -0.1) is 0 Å². The molecule has 0 unspecified atom stereocenters. The summed E-state index contributed by atoms with van der Waals surface area (Å²) in [6.45, 7) is 4.14. The fourth-order valence-corrected chi connectivity index (χ4v) is 2.08. The fraction of sp³-hybridized carbons (Fsp3) is 0.211. The maximum atomic E-state index is 11.9. The first-order valence-electron chi connectivity index (χ1n) is 7.35. The Morgan fingerprint density at radius 2 is 1.65 bits per heavy atom. The zero-order valence-corrected chi connectivity index (χ0v) is 13.1. The third kappa shape index (κ3) is 5.18. The molecule has 0 saturated carbocycles. The van der Waals surface area contributed by atoms with Gasteiger partial charge < -0.3 is 14.2 Å². The molecular formula is C19H20O4. The molecule has 0 N–H and O–H groups in total. The van der Waals surface area contributed by atoms with Gasteiger partial charge in [0.15, 0.2) is 0 Å². The molecule has 1 atom stereocenters. The number of benzene rings is 2. The summed E-state index contributed by atoms with van der Waals surface area (Å²) in [6.07, 6.45) is -0.150. The van der Waals surface area contributed by atoms with Gasteiger partial charge in [-0.3, -0.25) is 0 Å². The van der Waals surface area contributed by atoms with Crippen molar-refractivity contribution < 1.29 is 19.0 Å². The number of carbonyl (C=O) groups is 1. The summed E-state index contributed by atoms with van der Waals surface area (Å²) < 4.78 is 15.8. The van der Waals surface area contributed by atoms with E-state index in [0.29, 0.717) is 12.2 Å². The van der Waals surface area contributed by atoms with Crippen molar-refractivity contribution in [2.24, 2.45) is 0 Å². The molecule has 0 radical (unpaired) electrons. The Hall–Kier alpha value is -2.75. The van der Waals surface area contributed by atoms with Crippen molar-refractivity contribution in [1.82, 2.24) is 0 Å². The van der Waals surface area contributed by atoms with Gasteiger partial charge in [0.2, 0.25) is 6.10 Å². The molecule has 4 heteroatoms. The lowest BCUT2D eigenvalue weighted by Gasteiger charge is -2.18. The van der Waals surface area contributed by atoms with Crippen LogP contribution in [0.25, 0.3) is 0 Å². The van der Waals surface area contributed by atoms with Crippen molar-refractivity contribution in [1.29, 1.82) is 0 Å². The van der Waals surface area contributed by atoms with Gasteiger partial charge in [0.25, 0.3) is 5.95 Å². The van der Waals surface area contributed by atoms with E-state index in [9.17, 15) is 4.79 Å². The molecule has 0 heterocycles. The highest BCUT2D eigenvalue weighted by Crippen LogP contribution is 2.22. The van der Waals surface area contributed by atoms with E-state index in [1.807, 2.05) is 48.5 Å². The molecule has 4 nitrogen and oxygen atoms in total. The Balaban J connectivity index is 1.89. The minimum absolute atomic E-state index is 0.0974. The van der Waals surface area contributed by atoms with Crippen molar-refractivity contribution in [2.75, 3.05) is 13.7 Å². The van der Waals surface area contributed by atoms with Gasteiger partial charge in [-0.05, 0) is 12.1 Å². The number of esters is 1. The molecule has 0 amide bonds. The van der Waals surface area contributed by atoms with Crippen molar-refractivity contribution >= 4 is 5.97 Å². The quantitative estimate of drug-likeness (QED) is 0.551. The van der Waals surface area contributed by atoms with E-state index in [1.165, 1.54) is 7.11 Å². The molecule has 0 aliphatic rings. The number of rotatable bonds is 8. The first-order chi connectivity index (χ1) is 11.2. The van der Waals surface area contributed by atoms with Crippen LogP contribution in [0.15, 0.2) is 73.2 Å². The van der Waals surface area contributed by atoms with E-state index in [0.717, 1.165) is 12.0 Å². The highest BCUT2D eigenvalue weighted by atomic mass is 16.7. The zero-order chi connectivity index (χ0) is 16.5. The molecule has 0 fully saturated rings. The highest BCUT2D eigenvalue weighted by Gasteiger charge is 2.24. The van der Waals surface area contributed by atoms with E-state index in [2.05, 4.69) is 6.58 Å². The van der Waals surface area contributed by atoms with Crippen molar-refractivity contribution in [3.8, 4) is 0 Å². The number of ether oxygens (including phenoxy) is 3. The number of hydrogen-bond acceptors (Lipinski definition) is 4. The Morgan fingerprint density at radius 1 is 1.04 bits per heavy atom. The van der Waals surface area contributed by atoms with Crippen LogP contribution in [-0.4, -0.2) is 19.7 Å². The first-order valence-corrected chi connectivity index (χ1v) is 7.35. The maximum absolute atomic E-state index is 11.9. The van der Waals surface area contributed by atoms with Crippen molar-refractivity contribution in [2.45, 2.75) is 12.5 Å². The Kier molecular flexibility index (Phi) is 6.24. The second-order valence-electron chi connectivity index (χ2n) is 4.89. The molecule has 0 aliphatic carbocycles. The van der Waals surface area contributed by atoms with Gasteiger partial charge in [0.1, 0.15) is 0 Å². The molecule has 23 heavy (non-hydrogen) atoms. The molecule has 0 aromatic heterocycles. The second kappa shape index (κ2) is 8.63. The molecule has 0 saturated heterocycles. The SMILES string of the molecule is C=C(OCCc1ccccc1)O[C@H](C(=O)OC)c1ccccc1. The topological polar surface area (TPSA) is 44.8 Å². The van der Waals surface area contributed by atoms with Crippen molar-refractivity contribution in [3.05, 3.63) is 84.3 Å². The van der Waals surface area contributed by atoms with E-state index in [4.69, 9.17) is 14.2 Å². The van der Waals surface area contributed by atoms with Crippen LogP contribution in [0.3, 0.4) is 0 Å². The lowest BCUT2D eigenvalue weighted by Crippen LogP contribution is -2.18. The minimum atomic E-state index is -0.884. The summed E-state index contributed by atoms with van der Waals surface area (Å²) >= 11 is 0. The average Bonchev–Trinajstić information content (AvgIpc) is 2.60. The summed E-state index contributed by atoms with van der Waals surface area (Å²) in [4.78, 5) is 11.9. The summed E-state index contributed by atoms with van der Waals surface area (Å²) in [7, 11) is 1.32. The van der Waals surface area contributed by atoms with Crippen LogP contribution >= 0.6 is 0 Å². The minimum Gasteiger partial charge on any atom is -0.466 e. The van der Waals surface area contributed by atoms with Gasteiger partial charge in [-0.2, -0.15) is 0 Å². The Morgan fingerprint density at radius 3 is 2.26 bits per heavy atom. The Bertz CT molecular complexity index is 622. The number of hydrogen-bond donors (Lipinski definition) is 0. The second-order valence-corrected chi connectivity index (χ2v) is 4.89. The largest absolute Gasteiger partial charge is 0.466 e. The van der Waals surface area contributed by atoms with Gasteiger partial charge in [-0.25, -0.2) is 4.79 Å². The highest BCUT2D eigenvalue weighted by molar-refractivity contribution is 5.76. The summed E-state index contributed by atoms with van der Waals surface area (Å²) in [6, 6.07) is 19.1. The number of methoxy groups -OCH3 is 1. The van der Waals surface area contributed by atoms with E-state index < -0.39 is 12.1 Å². The first kappa shape index (κ1) is 16.6. The van der Waals surface area contributed by atoms with E-state index >= 15 is 0 Å². The molecule has 0 spiro atoms. The zero-order valence-electron chi connectivity index (χ0n) is 13.1. The van der Waals surface area contributed by atoms with Crippen LogP contribution in [-0.2, 0) is 25.4 Å². The van der Waals surface area contributed by atoms with Crippen LogP contribution < -0.4 is 0 Å². The van der Waals surface area contributed by atoms with E-state index in [1.54, 1.807) is 12.1 Å². The monoisotopic (exact) mass is 312 g/mol. The smallest absolute Gasteiger partial charge is 0.351 e. The molecule has 2 aromatic carbocycles. The van der Waals surface area contributed by atoms with Gasteiger partial charge in [0, 0.05) is 12.0 Å². The lowest BCUT2D eigenvalue weighted by atomic mass is 10.1. The summed E-state index contributed by atoms with van der Waals surface area (Å²) in [5.41, 5.74) is 1.85. The third-order valence-corrected chi connectivity index (χ3v) is 3.26. The predicted octanol–water partition coefficient (Wildman–Crippen LogP) is 3.65. The van der Waals surface area contributed by atoms with Gasteiger partial charge in [0.05, 0.1) is 13.7 Å². The van der Waals surface area contributed by atoms with E-state index in [-0.39, 0.29) is 5.95 Å². The van der Waals surface area contributed by atoms with Crippen LogP contribution in [0.1, 0.15) is 17.2 Å². The molecule has 2 rings (SSSR count). The van der Waals surface area contributed by atoms with Crippen LogP contribution in [0.5, 0.6) is 0 Å². The molecular weight excluding hydrogens is 292 g/mol. The van der Waals surface area contributed by atoms with Gasteiger partial charge >= 0.3 is 5.97 Å². The average molecular weight is 312 g/mol. The summed E-state index contributed by atoms with van der Waals surface area (Å²) in [5, 5.41) is 0. The molecule has 2 aromatic rings. The molecule has 0 aliphatic heterocycles. The fourth-order valence-electron chi connectivity index (χ4n) is 2.08. The third-order valence-electron chi connectivity index (χ3n) is 3.26. The van der Waals surface area contributed by atoms with Gasteiger partial charge in [-0.1, -0.05) is 60.7 Å². The molecule has 120 valence electrons. The lowest BCUT2D eigenvalue weighted by molar-refractivity contribution is -0.155. The standard InChI is InChI=1S/C19H20O4/c1-15(22-14-13-16-9-5-3-6-10-16)23-18(19(20)21-2)17-11-7-4-8-12-17/h3-12,18H,1,13-14H2,2H3/t18-/m0/s1. The van der Waals surface area contributed by atoms with Crippen LogP contribution in [0, 0.1) is 0 Å². The maximum Gasteiger partial charge on any atom is 0.351 e. The number of carbonyl (C=O) groups excluding carboxylic acids is 1. The van der Waals surface area contributed by atoms with Crippen LogP contribution in [0.4, 0.5) is 0 Å². The molecule has 0 bridgehead atoms. The van der Waals surface area contributed by atoms with Crippen molar-refractivity contribution in [3.63, 3.8) is 0 Å². The normalized spacial score (nSPS) is 11.3. The summed E-state index contributed by atoms with van der Waals surface area (Å²) in [5.74, 6) is -0.399. The van der Waals surface area contributed by atoms with Crippen LogP contribution in [0.2, 0.25) is 0 Å².